The second kappa shape index (κ2) is 6.62. The zero-order valence-corrected chi connectivity index (χ0v) is 16.0. The number of para-hydroxylation sites is 1. The average Bonchev–Trinajstić information content (AvgIpc) is 3.02. The maximum Gasteiger partial charge on any atom is 0.258 e. The van der Waals surface area contributed by atoms with Crippen LogP contribution in [-0.2, 0) is 11.2 Å². The van der Waals surface area contributed by atoms with Gasteiger partial charge < -0.3 is 9.64 Å². The highest BCUT2D eigenvalue weighted by molar-refractivity contribution is 6.30. The van der Waals surface area contributed by atoms with Gasteiger partial charge in [-0.15, -0.1) is 0 Å². The van der Waals surface area contributed by atoms with Crippen LogP contribution in [0.15, 0.2) is 48.5 Å². The molecule has 3 heterocycles. The third-order valence-electron chi connectivity index (χ3n) is 6.30. The molecule has 0 radical (unpaired) electrons. The zero-order chi connectivity index (χ0) is 18.4. The lowest BCUT2D eigenvalue weighted by atomic mass is 9.82. The smallest absolute Gasteiger partial charge is 0.258 e. The Morgan fingerprint density at radius 2 is 1.89 bits per heavy atom. The highest BCUT2D eigenvalue weighted by atomic mass is 35.5. The Morgan fingerprint density at radius 1 is 1.11 bits per heavy atom. The molecule has 1 amide bonds. The van der Waals surface area contributed by atoms with Crippen molar-refractivity contribution in [1.29, 1.82) is 0 Å². The predicted octanol–water partition coefficient (Wildman–Crippen LogP) is 3.78. The fraction of sp³-hybridized carbons (Fsp3) is 0.409. The molecule has 0 aliphatic carbocycles. The Kier molecular flexibility index (Phi) is 4.23. The van der Waals surface area contributed by atoms with Crippen molar-refractivity contribution >= 4 is 23.2 Å². The van der Waals surface area contributed by atoms with Gasteiger partial charge >= 0.3 is 0 Å². The van der Waals surface area contributed by atoms with Crippen molar-refractivity contribution in [3.8, 4) is 0 Å². The summed E-state index contributed by atoms with van der Waals surface area (Å²) in [5.41, 5.74) is 3.01. The van der Waals surface area contributed by atoms with Crippen molar-refractivity contribution in [2.24, 2.45) is 0 Å². The van der Waals surface area contributed by atoms with Gasteiger partial charge in [0.2, 0.25) is 0 Å². The first kappa shape index (κ1) is 17.2. The van der Waals surface area contributed by atoms with Crippen LogP contribution in [0.5, 0.6) is 0 Å². The van der Waals surface area contributed by atoms with Crippen molar-refractivity contribution in [2.45, 2.75) is 30.8 Å². The van der Waals surface area contributed by atoms with Gasteiger partial charge in [0.05, 0.1) is 19.3 Å². The monoisotopic (exact) mass is 382 g/mol. The molecule has 2 aromatic rings. The zero-order valence-electron chi connectivity index (χ0n) is 15.2. The van der Waals surface area contributed by atoms with Crippen LogP contribution in [0.25, 0.3) is 0 Å². The van der Waals surface area contributed by atoms with Gasteiger partial charge in [-0.3, -0.25) is 9.69 Å². The van der Waals surface area contributed by atoms with Crippen LogP contribution in [0.3, 0.4) is 0 Å². The van der Waals surface area contributed by atoms with E-state index in [-0.39, 0.29) is 11.4 Å². The van der Waals surface area contributed by atoms with Crippen LogP contribution in [0.4, 0.5) is 5.69 Å². The van der Waals surface area contributed by atoms with Crippen LogP contribution in [0.2, 0.25) is 5.02 Å². The number of carbonyl (C=O) groups excluding carboxylic acids is 1. The van der Waals surface area contributed by atoms with Crippen molar-refractivity contribution < 1.29 is 9.53 Å². The van der Waals surface area contributed by atoms with Gasteiger partial charge in [0.25, 0.3) is 5.91 Å². The van der Waals surface area contributed by atoms with Gasteiger partial charge in [-0.2, -0.15) is 0 Å². The second-order valence-electron chi connectivity index (χ2n) is 7.92. The minimum Gasteiger partial charge on any atom is -0.378 e. The molecule has 5 heteroatoms. The van der Waals surface area contributed by atoms with Gasteiger partial charge in [0.1, 0.15) is 0 Å². The van der Waals surface area contributed by atoms with E-state index in [2.05, 4.69) is 23.1 Å². The van der Waals surface area contributed by atoms with Gasteiger partial charge in [-0.1, -0.05) is 29.8 Å². The summed E-state index contributed by atoms with van der Waals surface area (Å²) < 4.78 is 5.47. The van der Waals surface area contributed by atoms with E-state index in [1.54, 1.807) is 12.1 Å². The lowest BCUT2D eigenvalue weighted by Crippen LogP contribution is -2.64. The molecule has 1 unspecified atom stereocenters. The third-order valence-corrected chi connectivity index (χ3v) is 6.55. The summed E-state index contributed by atoms with van der Waals surface area (Å²) in [7, 11) is 0. The number of hydrogen-bond acceptors (Lipinski definition) is 3. The number of fused-ring (bicyclic) bond motifs is 1. The summed E-state index contributed by atoms with van der Waals surface area (Å²) in [6.07, 6.45) is 3.31. The van der Waals surface area contributed by atoms with E-state index in [0.717, 1.165) is 44.8 Å². The van der Waals surface area contributed by atoms with Gasteiger partial charge in [-0.25, -0.2) is 0 Å². The van der Waals surface area contributed by atoms with E-state index >= 15 is 0 Å². The lowest BCUT2D eigenvalue weighted by Gasteiger charge is -2.51. The molecule has 4 nitrogen and oxygen atoms in total. The lowest BCUT2D eigenvalue weighted by molar-refractivity contribution is -0.0893. The third kappa shape index (κ3) is 2.87. The first-order valence-corrected chi connectivity index (χ1v) is 10.0. The molecule has 2 aromatic carbocycles. The molecular weight excluding hydrogens is 360 g/mol. The Labute approximate surface area is 164 Å². The van der Waals surface area contributed by atoms with Crippen LogP contribution in [0, 0.1) is 0 Å². The number of halogens is 1. The van der Waals surface area contributed by atoms with E-state index in [1.807, 2.05) is 23.1 Å². The molecule has 0 saturated carbocycles. The summed E-state index contributed by atoms with van der Waals surface area (Å²) in [6, 6.07) is 16.0. The Bertz CT molecular complexity index is 865. The minimum atomic E-state index is 0.0187. The molecule has 1 atom stereocenters. The number of rotatable bonds is 2. The fourth-order valence-corrected chi connectivity index (χ4v) is 5.06. The molecule has 3 aliphatic rings. The quantitative estimate of drug-likeness (QED) is 0.792. The molecule has 2 saturated heterocycles. The van der Waals surface area contributed by atoms with E-state index in [0.29, 0.717) is 16.6 Å². The van der Waals surface area contributed by atoms with Gasteiger partial charge in [-0.05, 0) is 61.7 Å². The Hall–Kier alpha value is -1.88. The molecule has 1 spiro atoms. The standard InChI is InChI=1S/C22H23ClN2O2/c23-18-8-6-16(7-9-18)21(26)24-15-22(12-17-4-1-2-5-20(17)24)10-3-11-25(22)19-13-27-14-19/h1-2,4-9,19H,3,10-15H2. The molecule has 2 fully saturated rings. The first-order valence-electron chi connectivity index (χ1n) is 9.66. The molecular formula is C22H23ClN2O2. The molecule has 27 heavy (non-hydrogen) atoms. The minimum absolute atomic E-state index is 0.0187. The molecule has 3 aliphatic heterocycles. The van der Waals surface area contributed by atoms with Crippen LogP contribution in [0.1, 0.15) is 28.8 Å². The number of hydrogen-bond donors (Lipinski definition) is 0. The number of amides is 1. The largest absolute Gasteiger partial charge is 0.378 e. The molecule has 0 N–H and O–H groups in total. The summed E-state index contributed by atoms with van der Waals surface area (Å²) in [5, 5.41) is 0.647. The summed E-state index contributed by atoms with van der Waals surface area (Å²) >= 11 is 6.01. The Morgan fingerprint density at radius 3 is 2.63 bits per heavy atom. The highest BCUT2D eigenvalue weighted by Crippen LogP contribution is 2.43. The fourth-order valence-electron chi connectivity index (χ4n) is 4.94. The summed E-state index contributed by atoms with van der Waals surface area (Å²) in [6.45, 7) is 3.46. The van der Waals surface area contributed by atoms with Crippen molar-refractivity contribution in [3.05, 3.63) is 64.7 Å². The molecule has 140 valence electrons. The molecule has 0 bridgehead atoms. The van der Waals surface area contributed by atoms with E-state index < -0.39 is 0 Å². The molecule has 0 aromatic heterocycles. The topological polar surface area (TPSA) is 32.8 Å². The van der Waals surface area contributed by atoms with Crippen molar-refractivity contribution in [1.82, 2.24) is 4.90 Å². The number of benzene rings is 2. The summed E-state index contributed by atoms with van der Waals surface area (Å²) in [5.74, 6) is 0.0508. The van der Waals surface area contributed by atoms with Crippen LogP contribution < -0.4 is 4.90 Å². The second-order valence-corrected chi connectivity index (χ2v) is 8.35. The van der Waals surface area contributed by atoms with Gasteiger partial charge in [0.15, 0.2) is 0 Å². The van der Waals surface area contributed by atoms with Crippen LogP contribution >= 0.6 is 11.6 Å². The van der Waals surface area contributed by atoms with Crippen molar-refractivity contribution in [2.75, 3.05) is 31.2 Å². The van der Waals surface area contributed by atoms with Crippen molar-refractivity contribution in [3.63, 3.8) is 0 Å². The van der Waals surface area contributed by atoms with E-state index in [4.69, 9.17) is 16.3 Å². The first-order chi connectivity index (χ1) is 13.2. The van der Waals surface area contributed by atoms with E-state index in [9.17, 15) is 4.79 Å². The maximum atomic E-state index is 13.4. The number of anilines is 1. The SMILES string of the molecule is O=C(c1ccc(Cl)cc1)N1CC2(CCCN2C2COC2)Cc2ccccc21. The predicted molar refractivity (Wildman–Crippen MR) is 107 cm³/mol. The summed E-state index contributed by atoms with van der Waals surface area (Å²) in [4.78, 5) is 18.0. The van der Waals surface area contributed by atoms with E-state index in [1.165, 1.54) is 12.0 Å². The molecule has 5 rings (SSSR count). The number of likely N-dealkylation sites (tertiary alicyclic amines) is 1. The normalized spacial score (nSPS) is 25.4. The number of nitrogens with zero attached hydrogens (tertiary/aromatic N) is 2. The average molecular weight is 383 g/mol. The highest BCUT2D eigenvalue weighted by Gasteiger charge is 2.50. The van der Waals surface area contributed by atoms with Gasteiger partial charge in [0, 0.05) is 28.4 Å². The van der Waals surface area contributed by atoms with Crippen LogP contribution in [-0.4, -0.2) is 48.7 Å². The maximum absolute atomic E-state index is 13.4. The Balaban J connectivity index is 1.54. The number of carbonyl (C=O) groups is 1. The number of ether oxygens (including phenoxy) is 1.